The Morgan fingerprint density at radius 2 is 2.14 bits per heavy atom. The molecule has 7 nitrogen and oxygen atoms in total. The van der Waals surface area contributed by atoms with Gasteiger partial charge in [-0.05, 0) is 50.1 Å². The van der Waals surface area contributed by atoms with Crippen molar-refractivity contribution in [2.45, 2.75) is 45.9 Å². The van der Waals surface area contributed by atoms with Crippen LogP contribution in [-0.2, 0) is 17.8 Å². The summed E-state index contributed by atoms with van der Waals surface area (Å²) >= 11 is 6.18. The van der Waals surface area contributed by atoms with E-state index in [1.54, 1.807) is 6.07 Å². The summed E-state index contributed by atoms with van der Waals surface area (Å²) in [5.41, 5.74) is 3.38. The Bertz CT molecular complexity index is 1000. The van der Waals surface area contributed by atoms with Gasteiger partial charge in [-0.25, -0.2) is 0 Å². The van der Waals surface area contributed by atoms with Crippen LogP contribution in [0.4, 0.5) is 0 Å². The van der Waals surface area contributed by atoms with Crippen molar-refractivity contribution >= 4 is 17.4 Å². The Kier molecular flexibility index (Phi) is 5.28. The predicted octanol–water partition coefficient (Wildman–Crippen LogP) is 3.47. The molecule has 4 rings (SSSR count). The Labute approximate surface area is 168 Å². The lowest BCUT2D eigenvalue weighted by Crippen LogP contribution is -2.18. The summed E-state index contributed by atoms with van der Waals surface area (Å²) in [4.78, 5) is 14.2. The van der Waals surface area contributed by atoms with Gasteiger partial charge >= 0.3 is 0 Å². The molecule has 8 heteroatoms. The number of carbonyl (C=O) groups is 1. The van der Waals surface area contributed by atoms with E-state index in [0.29, 0.717) is 22.0 Å². The monoisotopic (exact) mass is 399 g/mol. The van der Waals surface area contributed by atoms with Crippen LogP contribution in [0.5, 0.6) is 0 Å². The minimum atomic E-state index is -0.0465. The fourth-order valence-electron chi connectivity index (χ4n) is 3.63. The van der Waals surface area contributed by atoms with Gasteiger partial charge in [0.05, 0.1) is 11.1 Å². The lowest BCUT2D eigenvalue weighted by Gasteiger charge is -2.14. The largest absolute Gasteiger partial charge is 0.376 e. The third-order valence-electron chi connectivity index (χ3n) is 5.14. The molecule has 0 aliphatic carbocycles. The highest BCUT2D eigenvalue weighted by Crippen LogP contribution is 2.24. The number of hydrogen-bond donors (Lipinski definition) is 0. The van der Waals surface area contributed by atoms with Gasteiger partial charge in [0.25, 0.3) is 0 Å². The van der Waals surface area contributed by atoms with Gasteiger partial charge in [-0.1, -0.05) is 23.7 Å². The average molecular weight is 400 g/mol. The van der Waals surface area contributed by atoms with E-state index in [4.69, 9.17) is 16.3 Å². The molecule has 28 heavy (non-hydrogen) atoms. The molecule has 3 aromatic rings. The number of benzene rings is 1. The van der Waals surface area contributed by atoms with Gasteiger partial charge < -0.3 is 9.30 Å². The first kappa shape index (κ1) is 18.8. The van der Waals surface area contributed by atoms with E-state index in [9.17, 15) is 4.79 Å². The summed E-state index contributed by atoms with van der Waals surface area (Å²) in [5.74, 6) is 0.358. The first-order valence-electron chi connectivity index (χ1n) is 9.37. The SMILES string of the molecule is Cc1cc(C(=O)Cn2nnc(-c3ccccc3Cl)n2)c(C)n1C[C@@H]1CCCO1. The van der Waals surface area contributed by atoms with Crippen LogP contribution < -0.4 is 0 Å². The number of tetrazole rings is 1. The van der Waals surface area contributed by atoms with E-state index in [-0.39, 0.29) is 18.4 Å². The van der Waals surface area contributed by atoms with Crippen LogP contribution >= 0.6 is 11.6 Å². The molecular formula is C20H22ClN5O2. The van der Waals surface area contributed by atoms with Crippen molar-refractivity contribution in [2.75, 3.05) is 6.61 Å². The summed E-state index contributed by atoms with van der Waals surface area (Å²) in [6.07, 6.45) is 2.39. The predicted molar refractivity (Wildman–Crippen MR) is 105 cm³/mol. The van der Waals surface area contributed by atoms with Gasteiger partial charge in [0, 0.05) is 35.7 Å². The first-order chi connectivity index (χ1) is 13.5. The molecule has 0 radical (unpaired) electrons. The molecule has 0 spiro atoms. The van der Waals surface area contributed by atoms with E-state index in [1.807, 2.05) is 38.1 Å². The summed E-state index contributed by atoms with van der Waals surface area (Å²) in [5, 5.41) is 12.9. The highest BCUT2D eigenvalue weighted by atomic mass is 35.5. The number of halogens is 1. The summed E-state index contributed by atoms with van der Waals surface area (Å²) < 4.78 is 7.90. The van der Waals surface area contributed by atoms with Gasteiger partial charge in [0.1, 0.15) is 6.54 Å². The zero-order chi connectivity index (χ0) is 19.7. The topological polar surface area (TPSA) is 74.8 Å². The maximum absolute atomic E-state index is 12.9. The van der Waals surface area contributed by atoms with Crippen molar-refractivity contribution in [2.24, 2.45) is 0 Å². The second-order valence-corrected chi connectivity index (χ2v) is 7.48. The van der Waals surface area contributed by atoms with Crippen molar-refractivity contribution in [1.29, 1.82) is 0 Å². The zero-order valence-electron chi connectivity index (χ0n) is 15.9. The zero-order valence-corrected chi connectivity index (χ0v) is 16.7. The van der Waals surface area contributed by atoms with Crippen LogP contribution in [0, 0.1) is 13.8 Å². The Balaban J connectivity index is 1.51. The van der Waals surface area contributed by atoms with E-state index in [2.05, 4.69) is 20.0 Å². The summed E-state index contributed by atoms with van der Waals surface area (Å²) in [6.45, 7) is 5.62. The molecule has 1 aromatic carbocycles. The molecule has 1 aliphatic heterocycles. The van der Waals surface area contributed by atoms with E-state index < -0.39 is 0 Å². The molecule has 1 fully saturated rings. The molecule has 0 saturated carbocycles. The molecule has 0 unspecified atom stereocenters. The standard InChI is InChI=1S/C20H22ClN5O2/c1-13-10-17(14(2)25(13)11-15-6-5-9-28-15)19(27)12-26-23-20(22-24-26)16-7-3-4-8-18(16)21/h3-4,7-8,10,15H,5-6,9,11-12H2,1-2H3/t15-/m0/s1. The normalized spacial score (nSPS) is 16.6. The molecule has 1 saturated heterocycles. The third-order valence-corrected chi connectivity index (χ3v) is 5.47. The lowest BCUT2D eigenvalue weighted by molar-refractivity contribution is 0.0943. The van der Waals surface area contributed by atoms with Gasteiger partial charge in [0.15, 0.2) is 5.78 Å². The number of Topliss-reactive ketones (excluding diaryl/α,β-unsaturated/α-hetero) is 1. The second kappa shape index (κ2) is 7.85. The third kappa shape index (κ3) is 3.72. The lowest BCUT2D eigenvalue weighted by atomic mass is 10.1. The number of carbonyl (C=O) groups excluding carboxylic acids is 1. The fourth-order valence-corrected chi connectivity index (χ4v) is 3.85. The van der Waals surface area contributed by atoms with Crippen LogP contribution in [0.15, 0.2) is 30.3 Å². The Morgan fingerprint density at radius 1 is 1.32 bits per heavy atom. The van der Waals surface area contributed by atoms with Gasteiger partial charge in [-0.3, -0.25) is 4.79 Å². The van der Waals surface area contributed by atoms with Crippen molar-refractivity contribution in [3.63, 3.8) is 0 Å². The summed E-state index contributed by atoms with van der Waals surface area (Å²) in [7, 11) is 0. The smallest absolute Gasteiger partial charge is 0.206 e. The van der Waals surface area contributed by atoms with Gasteiger partial charge in [0.2, 0.25) is 5.82 Å². The summed E-state index contributed by atoms with van der Waals surface area (Å²) in [6, 6.07) is 9.22. The Hall–Kier alpha value is -2.51. The highest BCUT2D eigenvalue weighted by molar-refractivity contribution is 6.33. The molecule has 146 valence electrons. The molecular weight excluding hydrogens is 378 g/mol. The van der Waals surface area contributed by atoms with Crippen LogP contribution in [0.2, 0.25) is 5.02 Å². The van der Waals surface area contributed by atoms with E-state index in [0.717, 1.165) is 37.4 Å². The van der Waals surface area contributed by atoms with Crippen molar-refractivity contribution in [3.05, 3.63) is 52.3 Å². The van der Waals surface area contributed by atoms with Gasteiger partial charge in [-0.15, -0.1) is 10.2 Å². The average Bonchev–Trinajstić information content (AvgIpc) is 3.40. The van der Waals surface area contributed by atoms with Crippen LogP contribution in [0.25, 0.3) is 11.4 Å². The molecule has 0 bridgehead atoms. The number of ether oxygens (including phenoxy) is 1. The van der Waals surface area contributed by atoms with Crippen molar-refractivity contribution in [3.8, 4) is 11.4 Å². The molecule has 1 atom stereocenters. The van der Waals surface area contributed by atoms with Crippen LogP contribution in [0.3, 0.4) is 0 Å². The molecule has 1 aliphatic rings. The molecule has 3 heterocycles. The second-order valence-electron chi connectivity index (χ2n) is 7.08. The van der Waals surface area contributed by atoms with Crippen LogP contribution in [0.1, 0.15) is 34.6 Å². The molecule has 2 aromatic heterocycles. The minimum absolute atomic E-state index is 0.0294. The van der Waals surface area contributed by atoms with Crippen molar-refractivity contribution < 1.29 is 9.53 Å². The van der Waals surface area contributed by atoms with Crippen LogP contribution in [-0.4, -0.2) is 43.3 Å². The number of nitrogens with zero attached hydrogens (tertiary/aromatic N) is 5. The number of hydrogen-bond acceptors (Lipinski definition) is 5. The molecule has 0 N–H and O–H groups in total. The molecule has 0 amide bonds. The van der Waals surface area contributed by atoms with Gasteiger partial charge in [-0.2, -0.15) is 4.80 Å². The number of aromatic nitrogens is 5. The van der Waals surface area contributed by atoms with Crippen molar-refractivity contribution in [1.82, 2.24) is 24.8 Å². The highest BCUT2D eigenvalue weighted by Gasteiger charge is 2.22. The maximum atomic E-state index is 12.9. The minimum Gasteiger partial charge on any atom is -0.376 e. The quantitative estimate of drug-likeness (QED) is 0.593. The number of rotatable bonds is 6. The first-order valence-corrected chi connectivity index (χ1v) is 9.75. The number of aryl methyl sites for hydroxylation is 1. The number of ketones is 1. The van der Waals surface area contributed by atoms with E-state index >= 15 is 0 Å². The maximum Gasteiger partial charge on any atom is 0.206 e. The fraction of sp³-hybridized carbons (Fsp3) is 0.400. The Morgan fingerprint density at radius 3 is 2.89 bits per heavy atom. The van der Waals surface area contributed by atoms with E-state index in [1.165, 1.54) is 4.80 Å².